The van der Waals surface area contributed by atoms with Crippen molar-refractivity contribution in [3.63, 3.8) is 0 Å². The van der Waals surface area contributed by atoms with Gasteiger partial charge in [-0.3, -0.25) is 0 Å². The second-order valence-electron chi connectivity index (χ2n) is 4.24. The minimum Gasteiger partial charge on any atom is -0.496 e. The van der Waals surface area contributed by atoms with Gasteiger partial charge in [0.05, 0.1) is 13.7 Å². The fourth-order valence-electron chi connectivity index (χ4n) is 1.94. The van der Waals surface area contributed by atoms with E-state index in [1.165, 1.54) is 0 Å². The van der Waals surface area contributed by atoms with Crippen molar-refractivity contribution in [3.05, 3.63) is 28.8 Å². The Labute approximate surface area is 114 Å². The number of halogens is 1. The highest BCUT2D eigenvalue weighted by atomic mass is 35.5. The van der Waals surface area contributed by atoms with Gasteiger partial charge < -0.3 is 14.8 Å². The number of benzene rings is 1. The van der Waals surface area contributed by atoms with Gasteiger partial charge in [-0.1, -0.05) is 31.0 Å². The Morgan fingerprint density at radius 2 is 2.11 bits per heavy atom. The van der Waals surface area contributed by atoms with Crippen LogP contribution in [0.2, 0.25) is 5.02 Å². The second-order valence-corrected chi connectivity index (χ2v) is 4.65. The summed E-state index contributed by atoms with van der Waals surface area (Å²) in [7, 11) is 3.38. The van der Waals surface area contributed by atoms with Crippen LogP contribution in [0.25, 0.3) is 0 Å². The lowest BCUT2D eigenvalue weighted by atomic mass is 10.1. The zero-order valence-electron chi connectivity index (χ0n) is 11.3. The predicted octanol–water partition coefficient (Wildman–Crippen LogP) is 3.25. The van der Waals surface area contributed by atoms with Crippen LogP contribution >= 0.6 is 11.6 Å². The van der Waals surface area contributed by atoms with Crippen molar-refractivity contribution in [3.8, 4) is 5.75 Å². The number of methoxy groups -OCH3 is 2. The summed E-state index contributed by atoms with van der Waals surface area (Å²) in [4.78, 5) is 0. The Kier molecular flexibility index (Phi) is 7.09. The Morgan fingerprint density at radius 3 is 2.72 bits per heavy atom. The van der Waals surface area contributed by atoms with Crippen LogP contribution in [0.4, 0.5) is 0 Å². The Balaban J connectivity index is 2.66. The molecule has 4 heteroatoms. The van der Waals surface area contributed by atoms with Crippen molar-refractivity contribution < 1.29 is 9.47 Å². The number of hydrogen-bond donors (Lipinski definition) is 1. The highest BCUT2D eigenvalue weighted by molar-refractivity contribution is 6.31. The number of nitrogens with one attached hydrogen (secondary N) is 1. The lowest BCUT2D eigenvalue weighted by Gasteiger charge is -2.18. The molecule has 1 unspecified atom stereocenters. The highest BCUT2D eigenvalue weighted by Gasteiger charge is 2.11. The molecule has 0 bridgehead atoms. The van der Waals surface area contributed by atoms with Gasteiger partial charge in [0.15, 0.2) is 0 Å². The first-order chi connectivity index (χ1) is 8.72. The van der Waals surface area contributed by atoms with E-state index in [2.05, 4.69) is 12.2 Å². The molecule has 0 saturated carbocycles. The molecule has 0 saturated heterocycles. The zero-order chi connectivity index (χ0) is 13.4. The molecular formula is C14H22ClNO2. The maximum atomic E-state index is 6.19. The van der Waals surface area contributed by atoms with Crippen molar-refractivity contribution in [2.45, 2.75) is 32.4 Å². The summed E-state index contributed by atoms with van der Waals surface area (Å²) in [5, 5.41) is 4.20. The summed E-state index contributed by atoms with van der Waals surface area (Å²) < 4.78 is 10.5. The molecule has 0 heterocycles. The van der Waals surface area contributed by atoms with E-state index in [4.69, 9.17) is 21.1 Å². The van der Waals surface area contributed by atoms with Gasteiger partial charge in [-0.15, -0.1) is 0 Å². The third kappa shape index (κ3) is 4.48. The summed E-state index contributed by atoms with van der Waals surface area (Å²) in [6.07, 6.45) is 2.21. The maximum absolute atomic E-state index is 6.19. The smallest absolute Gasteiger partial charge is 0.124 e. The normalized spacial score (nSPS) is 12.4. The summed E-state index contributed by atoms with van der Waals surface area (Å²) in [6.45, 7) is 3.57. The van der Waals surface area contributed by atoms with Gasteiger partial charge in [0, 0.05) is 30.3 Å². The molecule has 18 heavy (non-hydrogen) atoms. The molecule has 0 radical (unpaired) electrons. The van der Waals surface area contributed by atoms with Crippen LogP contribution in [0.1, 0.15) is 25.3 Å². The Hall–Kier alpha value is -0.770. The van der Waals surface area contributed by atoms with Gasteiger partial charge in [-0.25, -0.2) is 0 Å². The maximum Gasteiger partial charge on any atom is 0.124 e. The van der Waals surface area contributed by atoms with E-state index in [0.29, 0.717) is 19.2 Å². The monoisotopic (exact) mass is 271 g/mol. The first kappa shape index (κ1) is 15.3. The first-order valence-electron chi connectivity index (χ1n) is 6.26. The molecule has 0 spiro atoms. The molecule has 1 rings (SSSR count). The summed E-state index contributed by atoms with van der Waals surface area (Å²) in [6, 6.07) is 6.05. The van der Waals surface area contributed by atoms with E-state index < -0.39 is 0 Å². The van der Waals surface area contributed by atoms with E-state index in [9.17, 15) is 0 Å². The van der Waals surface area contributed by atoms with E-state index in [1.807, 2.05) is 18.2 Å². The van der Waals surface area contributed by atoms with Crippen LogP contribution in [0, 0.1) is 0 Å². The number of hydrogen-bond acceptors (Lipinski definition) is 3. The van der Waals surface area contributed by atoms with Crippen molar-refractivity contribution >= 4 is 11.6 Å². The zero-order valence-corrected chi connectivity index (χ0v) is 12.1. The summed E-state index contributed by atoms with van der Waals surface area (Å²) in [5.41, 5.74) is 0.999. The fourth-order valence-corrected chi connectivity index (χ4v) is 2.17. The molecule has 0 aliphatic rings. The molecule has 1 aromatic carbocycles. The topological polar surface area (TPSA) is 30.5 Å². The van der Waals surface area contributed by atoms with Gasteiger partial charge in [0.25, 0.3) is 0 Å². The summed E-state index contributed by atoms with van der Waals surface area (Å²) >= 11 is 6.19. The van der Waals surface area contributed by atoms with Crippen LogP contribution in [0.5, 0.6) is 5.75 Å². The first-order valence-corrected chi connectivity index (χ1v) is 6.64. The molecule has 1 N–H and O–H groups in total. The molecule has 0 aromatic heterocycles. The van der Waals surface area contributed by atoms with Crippen LogP contribution in [-0.2, 0) is 11.3 Å². The molecule has 0 fully saturated rings. The standard InChI is InChI=1S/C14H22ClNO2/c1-4-6-11(10-17-2)16-9-12-13(15)7-5-8-14(12)18-3/h5,7-8,11,16H,4,6,9-10H2,1-3H3. The lowest BCUT2D eigenvalue weighted by molar-refractivity contribution is 0.161. The van der Waals surface area contributed by atoms with Gasteiger partial charge in [-0.05, 0) is 18.6 Å². The fraction of sp³-hybridized carbons (Fsp3) is 0.571. The average molecular weight is 272 g/mol. The number of ether oxygens (including phenoxy) is 2. The lowest BCUT2D eigenvalue weighted by Crippen LogP contribution is -2.32. The van der Waals surface area contributed by atoms with Gasteiger partial charge in [0.1, 0.15) is 5.75 Å². The second kappa shape index (κ2) is 8.35. The Bertz CT molecular complexity index is 352. The minimum absolute atomic E-state index is 0.348. The van der Waals surface area contributed by atoms with Crippen LogP contribution in [-0.4, -0.2) is 26.9 Å². The third-order valence-electron chi connectivity index (χ3n) is 2.87. The summed E-state index contributed by atoms with van der Waals surface area (Å²) in [5.74, 6) is 0.822. The van der Waals surface area contributed by atoms with Crippen molar-refractivity contribution in [1.82, 2.24) is 5.32 Å². The Morgan fingerprint density at radius 1 is 1.33 bits per heavy atom. The highest BCUT2D eigenvalue weighted by Crippen LogP contribution is 2.26. The molecule has 0 amide bonds. The van der Waals surface area contributed by atoms with Gasteiger partial charge in [-0.2, -0.15) is 0 Å². The molecule has 1 atom stereocenters. The minimum atomic E-state index is 0.348. The van der Waals surface area contributed by atoms with Crippen molar-refractivity contribution in [2.75, 3.05) is 20.8 Å². The quantitative estimate of drug-likeness (QED) is 0.787. The third-order valence-corrected chi connectivity index (χ3v) is 3.22. The van der Waals surface area contributed by atoms with E-state index >= 15 is 0 Å². The SMILES string of the molecule is CCCC(COC)NCc1c(Cl)cccc1OC. The molecule has 0 aliphatic carbocycles. The van der Waals surface area contributed by atoms with E-state index in [0.717, 1.165) is 29.2 Å². The largest absolute Gasteiger partial charge is 0.496 e. The molecule has 1 aromatic rings. The molecule has 102 valence electrons. The van der Waals surface area contributed by atoms with E-state index in [1.54, 1.807) is 14.2 Å². The van der Waals surface area contributed by atoms with Crippen molar-refractivity contribution in [2.24, 2.45) is 0 Å². The van der Waals surface area contributed by atoms with Crippen molar-refractivity contribution in [1.29, 1.82) is 0 Å². The van der Waals surface area contributed by atoms with Crippen LogP contribution in [0.3, 0.4) is 0 Å². The van der Waals surface area contributed by atoms with Crippen LogP contribution in [0.15, 0.2) is 18.2 Å². The van der Waals surface area contributed by atoms with E-state index in [-0.39, 0.29) is 0 Å². The predicted molar refractivity (Wildman–Crippen MR) is 75.4 cm³/mol. The average Bonchev–Trinajstić information content (AvgIpc) is 2.37. The van der Waals surface area contributed by atoms with Gasteiger partial charge in [0.2, 0.25) is 0 Å². The molecular weight excluding hydrogens is 250 g/mol. The number of rotatable bonds is 8. The van der Waals surface area contributed by atoms with Crippen LogP contribution < -0.4 is 10.1 Å². The van der Waals surface area contributed by atoms with Gasteiger partial charge >= 0.3 is 0 Å². The molecule has 0 aliphatic heterocycles. The molecule has 3 nitrogen and oxygen atoms in total.